The maximum Gasteiger partial charge on any atom is 0.244 e. The molecule has 1 atom stereocenters. The fourth-order valence-corrected chi connectivity index (χ4v) is 5.05. The molecule has 0 bridgehead atoms. The van der Waals surface area contributed by atoms with Gasteiger partial charge in [-0.25, -0.2) is 17.8 Å². The Morgan fingerprint density at radius 1 is 1.00 bits per heavy atom. The van der Waals surface area contributed by atoms with Crippen molar-refractivity contribution in [3.05, 3.63) is 84.3 Å². The number of nitrogens with one attached hydrogen (secondary N) is 2. The summed E-state index contributed by atoms with van der Waals surface area (Å²) in [6.07, 6.45) is 3.91. The van der Waals surface area contributed by atoms with Gasteiger partial charge in [-0.2, -0.15) is 4.72 Å². The number of amides is 1. The van der Waals surface area contributed by atoms with Gasteiger partial charge >= 0.3 is 0 Å². The Morgan fingerprint density at radius 3 is 2.36 bits per heavy atom. The van der Waals surface area contributed by atoms with Crippen molar-refractivity contribution in [2.75, 3.05) is 23.3 Å². The van der Waals surface area contributed by atoms with Gasteiger partial charge in [-0.3, -0.25) is 4.79 Å². The third-order valence-corrected chi connectivity index (χ3v) is 6.97. The van der Waals surface area contributed by atoms with Crippen molar-refractivity contribution >= 4 is 27.4 Å². The van der Waals surface area contributed by atoms with Crippen LogP contribution >= 0.6 is 0 Å². The van der Waals surface area contributed by atoms with Crippen LogP contribution < -0.4 is 14.9 Å². The molecule has 1 unspecified atom stereocenters. The van der Waals surface area contributed by atoms with Crippen molar-refractivity contribution < 1.29 is 17.6 Å². The van der Waals surface area contributed by atoms with E-state index in [1.165, 1.54) is 12.1 Å². The summed E-state index contributed by atoms with van der Waals surface area (Å²) in [4.78, 5) is 19.2. The highest BCUT2D eigenvalue weighted by Gasteiger charge is 2.28. The molecular formula is C24H25FN4O3S. The van der Waals surface area contributed by atoms with E-state index in [0.717, 1.165) is 49.4 Å². The number of aromatic nitrogens is 1. The van der Waals surface area contributed by atoms with Crippen LogP contribution in [-0.2, 0) is 21.2 Å². The van der Waals surface area contributed by atoms with Crippen LogP contribution in [0.2, 0.25) is 0 Å². The van der Waals surface area contributed by atoms with E-state index in [2.05, 4.69) is 19.9 Å². The molecule has 9 heteroatoms. The average molecular weight is 469 g/mol. The Bertz CT molecular complexity index is 1200. The molecule has 0 saturated carbocycles. The predicted molar refractivity (Wildman–Crippen MR) is 125 cm³/mol. The van der Waals surface area contributed by atoms with Crippen molar-refractivity contribution in [3.63, 3.8) is 0 Å². The fourth-order valence-electron chi connectivity index (χ4n) is 3.77. The summed E-state index contributed by atoms with van der Waals surface area (Å²) in [5.41, 5.74) is 1.21. The zero-order valence-electron chi connectivity index (χ0n) is 17.9. The first kappa shape index (κ1) is 22.9. The number of rotatable bonds is 8. The zero-order valence-corrected chi connectivity index (χ0v) is 18.8. The maximum absolute atomic E-state index is 14.1. The van der Waals surface area contributed by atoms with E-state index in [4.69, 9.17) is 0 Å². The molecule has 3 aromatic rings. The van der Waals surface area contributed by atoms with Gasteiger partial charge in [0.25, 0.3) is 0 Å². The Morgan fingerprint density at radius 2 is 1.70 bits per heavy atom. The van der Waals surface area contributed by atoms with E-state index < -0.39 is 32.7 Å². The number of hydrogen-bond donors (Lipinski definition) is 2. The molecule has 2 aromatic carbocycles. The Hall–Kier alpha value is -3.30. The van der Waals surface area contributed by atoms with Gasteiger partial charge in [0.2, 0.25) is 15.9 Å². The highest BCUT2D eigenvalue weighted by atomic mass is 32.2. The highest BCUT2D eigenvalue weighted by molar-refractivity contribution is 7.89. The second-order valence-corrected chi connectivity index (χ2v) is 9.56. The summed E-state index contributed by atoms with van der Waals surface area (Å²) in [5.74, 6) is -0.605. The summed E-state index contributed by atoms with van der Waals surface area (Å²) in [7, 11) is -4.27. The minimum Gasteiger partial charge on any atom is -0.357 e. The van der Waals surface area contributed by atoms with Crippen molar-refractivity contribution in [3.8, 4) is 0 Å². The molecule has 172 valence electrons. The molecule has 4 rings (SSSR count). The third kappa shape index (κ3) is 5.74. The van der Waals surface area contributed by atoms with Crippen LogP contribution in [0.5, 0.6) is 0 Å². The van der Waals surface area contributed by atoms with Crippen LogP contribution in [-0.4, -0.2) is 38.4 Å². The third-order valence-electron chi connectivity index (χ3n) is 5.47. The Balaban J connectivity index is 1.53. The first-order chi connectivity index (χ1) is 15.9. The lowest BCUT2D eigenvalue weighted by molar-refractivity contribution is -0.117. The monoisotopic (exact) mass is 468 g/mol. The van der Waals surface area contributed by atoms with E-state index in [-0.39, 0.29) is 6.42 Å². The van der Waals surface area contributed by atoms with Crippen LogP contribution in [0.1, 0.15) is 18.4 Å². The van der Waals surface area contributed by atoms with E-state index in [9.17, 15) is 17.6 Å². The molecule has 1 aliphatic rings. The van der Waals surface area contributed by atoms with E-state index in [1.54, 1.807) is 36.5 Å². The van der Waals surface area contributed by atoms with Gasteiger partial charge in [-0.05, 0) is 49.1 Å². The van der Waals surface area contributed by atoms with Gasteiger partial charge in [0.15, 0.2) is 0 Å². The molecule has 33 heavy (non-hydrogen) atoms. The summed E-state index contributed by atoms with van der Waals surface area (Å²) in [5, 5.41) is 2.73. The number of halogens is 1. The summed E-state index contributed by atoms with van der Waals surface area (Å²) in [6, 6.07) is 16.5. The van der Waals surface area contributed by atoms with E-state index >= 15 is 0 Å². The summed E-state index contributed by atoms with van der Waals surface area (Å²) >= 11 is 0. The number of pyridine rings is 1. The molecule has 1 amide bonds. The zero-order chi connectivity index (χ0) is 23.3. The number of carbonyl (C=O) groups is 1. The molecule has 7 nitrogen and oxygen atoms in total. The second-order valence-electron chi connectivity index (χ2n) is 7.88. The minimum atomic E-state index is -4.27. The van der Waals surface area contributed by atoms with Crippen molar-refractivity contribution in [1.29, 1.82) is 0 Å². The molecule has 0 aliphatic carbocycles. The minimum absolute atomic E-state index is 0.0969. The van der Waals surface area contributed by atoms with Crippen LogP contribution in [0.15, 0.2) is 77.8 Å². The fraction of sp³-hybridized carbons (Fsp3) is 0.250. The molecular weight excluding hydrogens is 443 g/mol. The number of hydrogen-bond acceptors (Lipinski definition) is 5. The lowest BCUT2D eigenvalue weighted by Crippen LogP contribution is -2.45. The number of nitrogens with zero attached hydrogens (tertiary/aromatic N) is 2. The summed E-state index contributed by atoms with van der Waals surface area (Å²) < 4.78 is 42.2. The van der Waals surface area contributed by atoms with Gasteiger partial charge in [-0.1, -0.05) is 42.5 Å². The molecule has 0 spiro atoms. The Kier molecular flexibility index (Phi) is 7.00. The Labute approximate surface area is 192 Å². The van der Waals surface area contributed by atoms with Gasteiger partial charge in [-0.15, -0.1) is 0 Å². The molecule has 1 aromatic heterocycles. The van der Waals surface area contributed by atoms with Crippen LogP contribution in [0.3, 0.4) is 0 Å². The normalized spacial score (nSPS) is 14.8. The number of benzene rings is 2. The molecule has 1 saturated heterocycles. The lowest BCUT2D eigenvalue weighted by atomic mass is 10.1. The number of carbonyl (C=O) groups excluding carboxylic acids is 1. The van der Waals surface area contributed by atoms with Crippen molar-refractivity contribution in [2.24, 2.45) is 0 Å². The molecule has 2 N–H and O–H groups in total. The van der Waals surface area contributed by atoms with Crippen LogP contribution in [0.4, 0.5) is 15.9 Å². The average Bonchev–Trinajstić information content (AvgIpc) is 3.35. The smallest absolute Gasteiger partial charge is 0.244 e. The standard InChI is InChI=1S/C24H25FN4O3S/c25-20-10-4-5-11-22(20)33(31,32)28-21(16-18-8-2-1-3-9-18)24(30)27-19-12-13-23(26-17-19)29-14-6-7-15-29/h1-5,8-13,17,21,28H,6-7,14-16H2,(H,27,30). The van der Waals surface area contributed by atoms with Gasteiger partial charge < -0.3 is 10.2 Å². The number of anilines is 2. The van der Waals surface area contributed by atoms with E-state index in [1.807, 2.05) is 12.1 Å². The maximum atomic E-state index is 14.1. The first-order valence-electron chi connectivity index (χ1n) is 10.7. The van der Waals surface area contributed by atoms with E-state index in [0.29, 0.717) is 5.69 Å². The van der Waals surface area contributed by atoms with Crippen LogP contribution in [0.25, 0.3) is 0 Å². The van der Waals surface area contributed by atoms with Crippen LogP contribution in [0, 0.1) is 5.82 Å². The molecule has 1 aliphatic heterocycles. The first-order valence-corrected chi connectivity index (χ1v) is 12.2. The van der Waals surface area contributed by atoms with Gasteiger partial charge in [0, 0.05) is 13.1 Å². The van der Waals surface area contributed by atoms with Crippen molar-refractivity contribution in [1.82, 2.24) is 9.71 Å². The molecule has 1 fully saturated rings. The SMILES string of the molecule is O=C(Nc1ccc(N2CCCC2)nc1)C(Cc1ccccc1)NS(=O)(=O)c1ccccc1F. The van der Waals surface area contributed by atoms with Crippen molar-refractivity contribution in [2.45, 2.75) is 30.2 Å². The topological polar surface area (TPSA) is 91.4 Å². The predicted octanol–water partition coefficient (Wildman–Crippen LogP) is 3.35. The number of sulfonamides is 1. The van der Waals surface area contributed by atoms with Gasteiger partial charge in [0.05, 0.1) is 11.9 Å². The quantitative estimate of drug-likeness (QED) is 0.529. The van der Waals surface area contributed by atoms with Gasteiger partial charge in [0.1, 0.15) is 22.6 Å². The summed E-state index contributed by atoms with van der Waals surface area (Å²) in [6.45, 7) is 1.91. The lowest BCUT2D eigenvalue weighted by Gasteiger charge is -2.20. The second kappa shape index (κ2) is 10.1. The largest absolute Gasteiger partial charge is 0.357 e. The highest BCUT2D eigenvalue weighted by Crippen LogP contribution is 2.20. The molecule has 0 radical (unpaired) electrons. The molecule has 2 heterocycles.